The fraction of sp³-hybridized carbons (Fsp3) is 0.353. The third-order valence-electron chi connectivity index (χ3n) is 4.17. The number of urea groups is 1. The van der Waals surface area contributed by atoms with Crippen LogP contribution < -0.4 is 10.6 Å². The van der Waals surface area contributed by atoms with Gasteiger partial charge < -0.3 is 15.7 Å². The highest BCUT2D eigenvalue weighted by Crippen LogP contribution is 2.31. The summed E-state index contributed by atoms with van der Waals surface area (Å²) < 4.78 is 0. The van der Waals surface area contributed by atoms with E-state index in [1.807, 2.05) is 29.6 Å². The number of amides is 2. The second kappa shape index (κ2) is 6.50. The first-order chi connectivity index (χ1) is 10.6. The average Bonchev–Trinajstić information content (AvgIpc) is 3.14. The summed E-state index contributed by atoms with van der Waals surface area (Å²) in [5, 5.41) is 20.1. The van der Waals surface area contributed by atoms with Gasteiger partial charge in [-0.2, -0.15) is 11.3 Å². The Morgan fingerprint density at radius 2 is 2.23 bits per heavy atom. The number of hydrogen-bond acceptors (Lipinski definition) is 3. The molecule has 0 spiro atoms. The summed E-state index contributed by atoms with van der Waals surface area (Å²) in [4.78, 5) is 12.1. The number of carbonyl (C=O) groups excluding carboxylic acids is 1. The SMILES string of the molecule is CC(CNC(=O)NC1c2ccccc2CC1O)c1ccsc1. The molecule has 5 heteroatoms. The molecule has 3 N–H and O–H groups in total. The van der Waals surface area contributed by atoms with E-state index in [1.54, 1.807) is 11.3 Å². The fourth-order valence-corrected chi connectivity index (χ4v) is 3.64. The van der Waals surface area contributed by atoms with Gasteiger partial charge in [-0.15, -0.1) is 0 Å². The highest BCUT2D eigenvalue weighted by molar-refractivity contribution is 7.07. The second-order valence-electron chi connectivity index (χ2n) is 5.76. The lowest BCUT2D eigenvalue weighted by Crippen LogP contribution is -2.42. The first-order valence-corrected chi connectivity index (χ1v) is 8.41. The van der Waals surface area contributed by atoms with Gasteiger partial charge in [0.1, 0.15) is 0 Å². The summed E-state index contributed by atoms with van der Waals surface area (Å²) in [6.07, 6.45) is 0.0318. The standard InChI is InChI=1S/C17H20N2O2S/c1-11(13-6-7-22-10-13)9-18-17(21)19-16-14-5-3-2-4-12(14)8-15(16)20/h2-7,10-11,15-16,20H,8-9H2,1H3,(H2,18,19,21). The monoisotopic (exact) mass is 316 g/mol. The summed E-state index contributed by atoms with van der Waals surface area (Å²) in [6.45, 7) is 2.66. The van der Waals surface area contributed by atoms with Gasteiger partial charge in [0, 0.05) is 13.0 Å². The van der Waals surface area contributed by atoms with Gasteiger partial charge in [-0.25, -0.2) is 4.79 Å². The molecule has 3 atom stereocenters. The van der Waals surface area contributed by atoms with E-state index in [2.05, 4.69) is 29.0 Å². The molecule has 0 radical (unpaired) electrons. The maximum absolute atomic E-state index is 12.1. The predicted molar refractivity (Wildman–Crippen MR) is 88.2 cm³/mol. The Bertz CT molecular complexity index is 642. The van der Waals surface area contributed by atoms with E-state index in [1.165, 1.54) is 5.56 Å². The average molecular weight is 316 g/mol. The molecule has 2 aromatic rings. The van der Waals surface area contributed by atoms with E-state index in [0.717, 1.165) is 11.1 Å². The lowest BCUT2D eigenvalue weighted by atomic mass is 10.1. The molecular weight excluding hydrogens is 296 g/mol. The number of hydrogen-bond donors (Lipinski definition) is 3. The Labute approximate surface area is 134 Å². The molecule has 2 amide bonds. The van der Waals surface area contributed by atoms with Crippen LogP contribution in [0.5, 0.6) is 0 Å². The van der Waals surface area contributed by atoms with Crippen molar-refractivity contribution in [2.24, 2.45) is 0 Å². The summed E-state index contributed by atoms with van der Waals surface area (Å²) in [6, 6.07) is 9.36. The molecular formula is C17H20N2O2S. The quantitative estimate of drug-likeness (QED) is 0.812. The number of aliphatic hydroxyl groups is 1. The van der Waals surface area contributed by atoms with Crippen molar-refractivity contribution < 1.29 is 9.90 Å². The largest absolute Gasteiger partial charge is 0.390 e. The lowest BCUT2D eigenvalue weighted by Gasteiger charge is -2.19. The van der Waals surface area contributed by atoms with E-state index in [9.17, 15) is 9.90 Å². The van der Waals surface area contributed by atoms with Gasteiger partial charge >= 0.3 is 6.03 Å². The first-order valence-electron chi connectivity index (χ1n) is 7.47. The summed E-state index contributed by atoms with van der Waals surface area (Å²) in [7, 11) is 0. The molecule has 1 aromatic heterocycles. The molecule has 116 valence electrons. The van der Waals surface area contributed by atoms with Gasteiger partial charge in [-0.1, -0.05) is 31.2 Å². The number of carbonyl (C=O) groups is 1. The molecule has 0 saturated heterocycles. The van der Waals surface area contributed by atoms with Gasteiger partial charge in [0.15, 0.2) is 0 Å². The molecule has 3 unspecified atom stereocenters. The number of rotatable bonds is 4. The molecule has 3 rings (SSSR count). The lowest BCUT2D eigenvalue weighted by molar-refractivity contribution is 0.142. The van der Waals surface area contributed by atoms with E-state index in [-0.39, 0.29) is 18.0 Å². The van der Waals surface area contributed by atoms with Crippen LogP contribution in [-0.4, -0.2) is 23.8 Å². The number of aliphatic hydroxyl groups excluding tert-OH is 1. The molecule has 1 aliphatic carbocycles. The molecule has 4 nitrogen and oxygen atoms in total. The fourth-order valence-electron chi connectivity index (χ4n) is 2.86. The Morgan fingerprint density at radius 1 is 1.41 bits per heavy atom. The van der Waals surface area contributed by atoms with Crippen molar-refractivity contribution in [3.8, 4) is 0 Å². The molecule has 1 aromatic carbocycles. The second-order valence-corrected chi connectivity index (χ2v) is 6.54. The molecule has 1 aliphatic rings. The van der Waals surface area contributed by atoms with Crippen LogP contribution in [0.2, 0.25) is 0 Å². The number of nitrogens with one attached hydrogen (secondary N) is 2. The molecule has 0 fully saturated rings. The maximum atomic E-state index is 12.1. The van der Waals surface area contributed by atoms with E-state index in [0.29, 0.717) is 13.0 Å². The zero-order valence-electron chi connectivity index (χ0n) is 12.5. The zero-order valence-corrected chi connectivity index (χ0v) is 13.3. The van der Waals surface area contributed by atoms with Crippen molar-refractivity contribution in [3.63, 3.8) is 0 Å². The Kier molecular flexibility index (Phi) is 4.45. The van der Waals surface area contributed by atoms with Gasteiger partial charge in [0.2, 0.25) is 0 Å². The van der Waals surface area contributed by atoms with Crippen LogP contribution in [0.3, 0.4) is 0 Å². The smallest absolute Gasteiger partial charge is 0.315 e. The molecule has 1 heterocycles. The Balaban J connectivity index is 1.56. The van der Waals surface area contributed by atoms with E-state index < -0.39 is 6.10 Å². The van der Waals surface area contributed by atoms with Crippen LogP contribution in [0.15, 0.2) is 41.1 Å². The van der Waals surface area contributed by atoms with Crippen LogP contribution in [0.25, 0.3) is 0 Å². The number of thiophene rings is 1. The highest BCUT2D eigenvalue weighted by Gasteiger charge is 2.31. The van der Waals surface area contributed by atoms with Crippen molar-refractivity contribution in [1.29, 1.82) is 0 Å². The summed E-state index contributed by atoms with van der Waals surface area (Å²) in [5.74, 6) is 0.276. The van der Waals surface area contributed by atoms with E-state index >= 15 is 0 Å². The predicted octanol–water partition coefficient (Wildman–Crippen LogP) is 2.81. The molecule has 0 bridgehead atoms. The molecule has 0 aliphatic heterocycles. The minimum Gasteiger partial charge on any atom is -0.390 e. The Morgan fingerprint density at radius 3 is 3.00 bits per heavy atom. The maximum Gasteiger partial charge on any atom is 0.315 e. The normalized spacial score (nSPS) is 21.2. The van der Waals surface area contributed by atoms with Crippen molar-refractivity contribution in [1.82, 2.24) is 10.6 Å². The van der Waals surface area contributed by atoms with Crippen molar-refractivity contribution in [2.45, 2.75) is 31.4 Å². The molecule has 0 saturated carbocycles. The van der Waals surface area contributed by atoms with Gasteiger partial charge in [-0.05, 0) is 39.4 Å². The summed E-state index contributed by atoms with van der Waals surface area (Å²) in [5.41, 5.74) is 3.35. The van der Waals surface area contributed by atoms with Gasteiger partial charge in [0.05, 0.1) is 12.1 Å². The summed E-state index contributed by atoms with van der Waals surface area (Å²) >= 11 is 1.66. The van der Waals surface area contributed by atoms with Crippen molar-refractivity contribution >= 4 is 17.4 Å². The van der Waals surface area contributed by atoms with Crippen LogP contribution >= 0.6 is 11.3 Å². The van der Waals surface area contributed by atoms with Crippen LogP contribution in [0.4, 0.5) is 4.79 Å². The number of fused-ring (bicyclic) bond motifs is 1. The van der Waals surface area contributed by atoms with E-state index in [4.69, 9.17) is 0 Å². The van der Waals surface area contributed by atoms with Crippen molar-refractivity contribution in [3.05, 3.63) is 57.8 Å². The number of benzene rings is 1. The van der Waals surface area contributed by atoms with Crippen LogP contribution in [0, 0.1) is 0 Å². The third-order valence-corrected chi connectivity index (χ3v) is 4.87. The van der Waals surface area contributed by atoms with Gasteiger partial charge in [0.25, 0.3) is 0 Å². The minimum atomic E-state index is -0.558. The van der Waals surface area contributed by atoms with Gasteiger partial charge in [-0.3, -0.25) is 0 Å². The topological polar surface area (TPSA) is 61.4 Å². The van der Waals surface area contributed by atoms with Crippen LogP contribution in [-0.2, 0) is 6.42 Å². The third kappa shape index (κ3) is 3.15. The van der Waals surface area contributed by atoms with Crippen LogP contribution in [0.1, 0.15) is 35.6 Å². The van der Waals surface area contributed by atoms with Crippen molar-refractivity contribution in [2.75, 3.05) is 6.54 Å². The Hall–Kier alpha value is -1.85. The minimum absolute atomic E-state index is 0.233. The molecule has 22 heavy (non-hydrogen) atoms. The highest BCUT2D eigenvalue weighted by atomic mass is 32.1. The first kappa shape index (κ1) is 15.1. The zero-order chi connectivity index (χ0) is 15.5.